The molecule has 10 heteroatoms. The monoisotopic (exact) mass is 409 g/mol. The van der Waals surface area contributed by atoms with Gasteiger partial charge in [-0.3, -0.25) is 15.0 Å². The van der Waals surface area contributed by atoms with Crippen LogP contribution in [0.15, 0.2) is 39.3 Å². The van der Waals surface area contributed by atoms with Gasteiger partial charge in [0.05, 0.1) is 25.1 Å². The molecule has 0 amide bonds. The first-order valence-corrected chi connectivity index (χ1v) is 9.33. The molecule has 3 rings (SSSR count). The molecule has 1 aromatic carbocycles. The van der Waals surface area contributed by atoms with Crippen LogP contribution in [0.2, 0.25) is 0 Å². The van der Waals surface area contributed by atoms with E-state index in [1.54, 1.807) is 38.3 Å². The molecule has 0 bridgehead atoms. The third-order valence-corrected chi connectivity index (χ3v) is 4.31. The van der Waals surface area contributed by atoms with Crippen LogP contribution in [0.25, 0.3) is 5.69 Å². The van der Waals surface area contributed by atoms with Gasteiger partial charge in [-0.2, -0.15) is 10.4 Å². The Morgan fingerprint density at radius 3 is 2.50 bits per heavy atom. The Balaban J connectivity index is 2.04. The van der Waals surface area contributed by atoms with Gasteiger partial charge in [-0.25, -0.2) is 4.68 Å². The van der Waals surface area contributed by atoms with Crippen molar-refractivity contribution < 1.29 is 9.47 Å². The van der Waals surface area contributed by atoms with Crippen molar-refractivity contribution in [2.45, 2.75) is 33.1 Å². The first-order valence-electron chi connectivity index (χ1n) is 9.33. The normalized spacial score (nSPS) is 11.6. The van der Waals surface area contributed by atoms with Gasteiger partial charge in [-0.05, 0) is 31.2 Å². The zero-order valence-corrected chi connectivity index (χ0v) is 17.5. The van der Waals surface area contributed by atoms with Crippen molar-refractivity contribution in [1.29, 1.82) is 5.26 Å². The maximum atomic E-state index is 12.9. The summed E-state index contributed by atoms with van der Waals surface area (Å²) in [6.07, 6.45) is 0. The fraction of sp³-hybridized carbons (Fsp3) is 0.350. The van der Waals surface area contributed by atoms with Gasteiger partial charge in [0.25, 0.3) is 0 Å². The fourth-order valence-corrected chi connectivity index (χ4v) is 2.81. The van der Waals surface area contributed by atoms with E-state index in [1.807, 2.05) is 20.8 Å². The summed E-state index contributed by atoms with van der Waals surface area (Å²) in [7, 11) is 1.57. The Kier molecular flexibility index (Phi) is 5.73. The molecule has 0 aliphatic carbocycles. The molecule has 2 aromatic heterocycles. The second-order valence-electron chi connectivity index (χ2n) is 7.42. The van der Waals surface area contributed by atoms with Crippen molar-refractivity contribution >= 4 is 11.5 Å². The summed E-state index contributed by atoms with van der Waals surface area (Å²) in [4.78, 5) is 12.9. The number of rotatable bonds is 6. The average Bonchev–Trinajstić information content (AvgIpc) is 3.27. The van der Waals surface area contributed by atoms with Gasteiger partial charge in [-0.15, -0.1) is 10.2 Å². The van der Waals surface area contributed by atoms with E-state index in [4.69, 9.17) is 9.47 Å². The third-order valence-electron chi connectivity index (χ3n) is 4.31. The molecule has 0 saturated heterocycles. The van der Waals surface area contributed by atoms with E-state index in [2.05, 4.69) is 31.6 Å². The van der Waals surface area contributed by atoms with Gasteiger partial charge in [0.15, 0.2) is 0 Å². The number of hydrogen-bond donors (Lipinski definition) is 2. The summed E-state index contributed by atoms with van der Waals surface area (Å²) in [6.45, 7) is 7.98. The number of nitrogens with one attached hydrogen (secondary N) is 2. The largest absolute Gasteiger partial charge is 0.497 e. The summed E-state index contributed by atoms with van der Waals surface area (Å²) in [5.41, 5.74) is 0.728. The lowest BCUT2D eigenvalue weighted by molar-refractivity contribution is 0.325. The molecular weight excluding hydrogens is 386 g/mol. The SMILES string of the molecule is CCOc1[nH]n(-c2ccc(OC)cc2)c(=O)c1N=Nc1n[nH]c(C(C)(C)C)c1C#N. The highest BCUT2D eigenvalue weighted by Crippen LogP contribution is 2.31. The molecule has 0 unspecified atom stereocenters. The third kappa shape index (κ3) is 3.96. The number of methoxy groups -OCH3 is 1. The van der Waals surface area contributed by atoms with Crippen LogP contribution in [0.5, 0.6) is 11.6 Å². The Morgan fingerprint density at radius 2 is 1.93 bits per heavy atom. The first kappa shape index (κ1) is 20.9. The molecule has 156 valence electrons. The molecule has 3 aromatic rings. The number of nitriles is 1. The van der Waals surface area contributed by atoms with E-state index in [0.29, 0.717) is 23.7 Å². The molecule has 0 atom stereocenters. The van der Waals surface area contributed by atoms with Crippen LogP contribution in [-0.2, 0) is 5.41 Å². The molecule has 10 nitrogen and oxygen atoms in total. The van der Waals surface area contributed by atoms with Crippen LogP contribution < -0.4 is 15.0 Å². The van der Waals surface area contributed by atoms with Crippen molar-refractivity contribution in [3.63, 3.8) is 0 Å². The van der Waals surface area contributed by atoms with E-state index < -0.39 is 5.56 Å². The van der Waals surface area contributed by atoms with E-state index >= 15 is 0 Å². The second kappa shape index (κ2) is 8.24. The number of hydrogen-bond acceptors (Lipinski definition) is 7. The van der Waals surface area contributed by atoms with Crippen LogP contribution in [0.3, 0.4) is 0 Å². The summed E-state index contributed by atoms with van der Waals surface area (Å²) >= 11 is 0. The van der Waals surface area contributed by atoms with Crippen molar-refractivity contribution in [1.82, 2.24) is 20.0 Å². The average molecular weight is 409 g/mol. The highest BCUT2D eigenvalue weighted by Gasteiger charge is 2.24. The fourth-order valence-electron chi connectivity index (χ4n) is 2.81. The van der Waals surface area contributed by atoms with E-state index in [0.717, 1.165) is 0 Å². The number of ether oxygens (including phenoxy) is 2. The predicted molar refractivity (Wildman–Crippen MR) is 110 cm³/mol. The minimum Gasteiger partial charge on any atom is -0.497 e. The van der Waals surface area contributed by atoms with Crippen LogP contribution in [0, 0.1) is 11.3 Å². The summed E-state index contributed by atoms with van der Waals surface area (Å²) in [5, 5.41) is 27.4. The lowest BCUT2D eigenvalue weighted by atomic mass is 9.90. The summed E-state index contributed by atoms with van der Waals surface area (Å²) < 4.78 is 12.0. The van der Waals surface area contributed by atoms with Gasteiger partial charge >= 0.3 is 5.56 Å². The van der Waals surface area contributed by atoms with Gasteiger partial charge in [-0.1, -0.05) is 20.8 Å². The van der Waals surface area contributed by atoms with E-state index in [9.17, 15) is 10.1 Å². The number of aromatic amines is 2. The smallest absolute Gasteiger partial charge is 0.303 e. The number of azo groups is 1. The molecule has 0 radical (unpaired) electrons. The first-order chi connectivity index (χ1) is 14.3. The molecule has 0 saturated carbocycles. The standard InChI is InChI=1S/C20H23N7O3/c1-6-30-18-15(19(28)27(26-18)12-7-9-13(29-5)10-8-12)22-24-17-14(11-21)16(23-25-17)20(2,3)4/h7-10,26H,6H2,1-5H3,(H,23,25). The molecule has 0 aliphatic heterocycles. The Morgan fingerprint density at radius 1 is 1.23 bits per heavy atom. The van der Waals surface area contributed by atoms with Gasteiger partial charge in [0.2, 0.25) is 17.4 Å². The maximum Gasteiger partial charge on any atom is 0.303 e. The molecule has 2 N–H and O–H groups in total. The molecule has 0 spiro atoms. The molecule has 0 fully saturated rings. The summed E-state index contributed by atoms with van der Waals surface area (Å²) in [6, 6.07) is 9.03. The van der Waals surface area contributed by atoms with Crippen molar-refractivity contribution in [3.8, 4) is 23.4 Å². The van der Waals surface area contributed by atoms with Crippen LogP contribution in [0.1, 0.15) is 39.0 Å². The van der Waals surface area contributed by atoms with Gasteiger partial charge < -0.3 is 9.47 Å². The van der Waals surface area contributed by atoms with E-state index in [-0.39, 0.29) is 28.4 Å². The van der Waals surface area contributed by atoms with Crippen LogP contribution in [0.4, 0.5) is 11.5 Å². The highest BCUT2D eigenvalue weighted by atomic mass is 16.5. The van der Waals surface area contributed by atoms with Gasteiger partial charge in [0, 0.05) is 5.41 Å². The topological polar surface area (TPSA) is 133 Å². The lowest BCUT2D eigenvalue weighted by Gasteiger charge is -2.15. The lowest BCUT2D eigenvalue weighted by Crippen LogP contribution is -2.13. The molecule has 2 heterocycles. The second-order valence-corrected chi connectivity index (χ2v) is 7.42. The Labute approximate surface area is 173 Å². The number of aromatic nitrogens is 4. The van der Waals surface area contributed by atoms with Crippen molar-refractivity contribution in [2.75, 3.05) is 13.7 Å². The minimum absolute atomic E-state index is 0.0168. The molecular formula is C20H23N7O3. The zero-order chi connectivity index (χ0) is 21.9. The van der Waals surface area contributed by atoms with Crippen molar-refractivity contribution in [3.05, 3.63) is 45.9 Å². The quantitative estimate of drug-likeness (QED) is 0.596. The molecule has 30 heavy (non-hydrogen) atoms. The number of benzene rings is 1. The predicted octanol–water partition coefficient (Wildman–Crippen LogP) is 3.88. The van der Waals surface area contributed by atoms with E-state index in [1.165, 1.54) is 4.68 Å². The number of H-pyrrole nitrogens is 2. The summed E-state index contributed by atoms with van der Waals surface area (Å²) in [5.74, 6) is 0.953. The maximum absolute atomic E-state index is 12.9. The minimum atomic E-state index is -0.447. The number of nitrogens with zero attached hydrogens (tertiary/aromatic N) is 5. The zero-order valence-electron chi connectivity index (χ0n) is 17.5. The Bertz CT molecular complexity index is 1160. The van der Waals surface area contributed by atoms with Crippen LogP contribution in [-0.4, -0.2) is 33.7 Å². The van der Waals surface area contributed by atoms with Gasteiger partial charge in [0.1, 0.15) is 17.4 Å². The van der Waals surface area contributed by atoms with Crippen molar-refractivity contribution in [2.24, 2.45) is 10.2 Å². The molecule has 0 aliphatic rings. The highest BCUT2D eigenvalue weighted by molar-refractivity contribution is 5.53. The van der Waals surface area contributed by atoms with Crippen LogP contribution >= 0.6 is 0 Å². The Hall–Kier alpha value is -3.87.